The summed E-state index contributed by atoms with van der Waals surface area (Å²) in [6.07, 6.45) is 1.74. The first-order valence-corrected chi connectivity index (χ1v) is 10.3. The molecule has 1 aromatic rings. The predicted octanol–water partition coefficient (Wildman–Crippen LogP) is 3.16. The number of rotatable bonds is 5. The number of carbonyl (C=O) groups excluding carboxylic acids is 2. The minimum absolute atomic E-state index is 0.0121. The number of amides is 2. The summed E-state index contributed by atoms with van der Waals surface area (Å²) in [4.78, 5) is 28.3. The number of hydrogen-bond donors (Lipinski definition) is 1. The number of nitrogens with one attached hydrogen (secondary N) is 1. The fraction of sp³-hybridized carbons (Fsp3) is 0.619. The molecule has 1 saturated heterocycles. The van der Waals surface area contributed by atoms with Crippen molar-refractivity contribution < 1.29 is 22.8 Å². The van der Waals surface area contributed by atoms with Gasteiger partial charge in [0, 0.05) is 38.3 Å². The standard InChI is InChI=1S/C21H28F3N3O2/c22-21(23,24)18-8-6-17(7-9-18)20(29)27-12-10-26(11-13-27)15-19(28)25-14-16-4-2-1-3-5-16/h6-9,16H,1-5,10-15H2,(H,25,28). The van der Waals surface area contributed by atoms with Crippen molar-refractivity contribution in [2.75, 3.05) is 39.3 Å². The highest BCUT2D eigenvalue weighted by molar-refractivity contribution is 5.94. The third kappa shape index (κ3) is 6.19. The molecule has 160 valence electrons. The number of benzene rings is 1. The molecule has 29 heavy (non-hydrogen) atoms. The molecule has 0 radical (unpaired) electrons. The molecule has 0 spiro atoms. The largest absolute Gasteiger partial charge is 0.416 e. The van der Waals surface area contributed by atoms with Crippen molar-refractivity contribution in [1.29, 1.82) is 0 Å². The summed E-state index contributed by atoms with van der Waals surface area (Å²) in [6, 6.07) is 4.30. The van der Waals surface area contributed by atoms with Crippen molar-refractivity contribution >= 4 is 11.8 Å². The fourth-order valence-corrected chi connectivity index (χ4v) is 4.00. The van der Waals surface area contributed by atoms with Gasteiger partial charge in [-0.25, -0.2) is 0 Å². The lowest BCUT2D eigenvalue weighted by atomic mass is 9.89. The van der Waals surface area contributed by atoms with E-state index in [0.29, 0.717) is 38.6 Å². The van der Waals surface area contributed by atoms with Crippen LogP contribution in [0.5, 0.6) is 0 Å². The molecule has 1 saturated carbocycles. The molecule has 1 aromatic carbocycles. The van der Waals surface area contributed by atoms with Crippen LogP contribution in [-0.2, 0) is 11.0 Å². The van der Waals surface area contributed by atoms with Gasteiger partial charge in [-0.15, -0.1) is 0 Å². The van der Waals surface area contributed by atoms with Gasteiger partial charge in [-0.1, -0.05) is 19.3 Å². The van der Waals surface area contributed by atoms with Gasteiger partial charge in [0.2, 0.25) is 5.91 Å². The summed E-state index contributed by atoms with van der Waals surface area (Å²) in [5.74, 6) is 0.323. The van der Waals surface area contributed by atoms with Crippen molar-refractivity contribution in [3.8, 4) is 0 Å². The van der Waals surface area contributed by atoms with E-state index >= 15 is 0 Å². The van der Waals surface area contributed by atoms with Crippen LogP contribution in [-0.4, -0.2) is 60.9 Å². The Hall–Kier alpha value is -2.09. The van der Waals surface area contributed by atoms with Gasteiger partial charge in [0.15, 0.2) is 0 Å². The molecule has 1 aliphatic heterocycles. The maximum absolute atomic E-state index is 12.6. The van der Waals surface area contributed by atoms with Crippen molar-refractivity contribution in [1.82, 2.24) is 15.1 Å². The topological polar surface area (TPSA) is 52.7 Å². The second kappa shape index (κ2) is 9.61. The zero-order valence-electron chi connectivity index (χ0n) is 16.5. The fourth-order valence-electron chi connectivity index (χ4n) is 4.00. The molecule has 0 atom stereocenters. The zero-order valence-corrected chi connectivity index (χ0v) is 16.5. The first-order chi connectivity index (χ1) is 13.8. The van der Waals surface area contributed by atoms with E-state index in [4.69, 9.17) is 0 Å². The summed E-state index contributed by atoms with van der Waals surface area (Å²) in [6.45, 7) is 3.11. The number of hydrogen-bond acceptors (Lipinski definition) is 3. The SMILES string of the molecule is O=C(CN1CCN(C(=O)c2ccc(C(F)(F)F)cc2)CC1)NCC1CCCCC1. The molecule has 8 heteroatoms. The van der Waals surface area contributed by atoms with Gasteiger partial charge in [-0.3, -0.25) is 14.5 Å². The quantitative estimate of drug-likeness (QED) is 0.810. The number of nitrogens with zero attached hydrogens (tertiary/aromatic N) is 2. The lowest BCUT2D eigenvalue weighted by Gasteiger charge is -2.34. The van der Waals surface area contributed by atoms with E-state index in [1.807, 2.05) is 4.90 Å². The monoisotopic (exact) mass is 411 g/mol. The van der Waals surface area contributed by atoms with E-state index in [0.717, 1.165) is 18.7 Å². The summed E-state index contributed by atoms with van der Waals surface area (Å²) >= 11 is 0. The van der Waals surface area contributed by atoms with Crippen molar-refractivity contribution in [2.45, 2.75) is 38.3 Å². The molecule has 0 aromatic heterocycles. The van der Waals surface area contributed by atoms with Crippen LogP contribution < -0.4 is 5.32 Å². The van der Waals surface area contributed by atoms with E-state index in [9.17, 15) is 22.8 Å². The van der Waals surface area contributed by atoms with Crippen molar-refractivity contribution in [3.63, 3.8) is 0 Å². The minimum atomic E-state index is -4.41. The molecule has 1 N–H and O–H groups in total. The molecular weight excluding hydrogens is 383 g/mol. The van der Waals surface area contributed by atoms with Crippen LogP contribution in [0, 0.1) is 5.92 Å². The van der Waals surface area contributed by atoms with Crippen LogP contribution in [0.2, 0.25) is 0 Å². The Morgan fingerprint density at radius 1 is 0.966 bits per heavy atom. The van der Waals surface area contributed by atoms with Crippen LogP contribution in [0.1, 0.15) is 48.0 Å². The zero-order chi connectivity index (χ0) is 20.9. The molecule has 0 bridgehead atoms. The molecule has 2 fully saturated rings. The maximum atomic E-state index is 12.6. The molecule has 1 heterocycles. The van der Waals surface area contributed by atoms with Gasteiger partial charge in [-0.2, -0.15) is 13.2 Å². The Kier molecular flexibility index (Phi) is 7.16. The molecule has 2 aliphatic rings. The van der Waals surface area contributed by atoms with E-state index < -0.39 is 11.7 Å². The van der Waals surface area contributed by atoms with Crippen LogP contribution >= 0.6 is 0 Å². The second-order valence-electron chi connectivity index (χ2n) is 7.95. The highest BCUT2D eigenvalue weighted by Gasteiger charge is 2.31. The Labute approximate surface area is 169 Å². The van der Waals surface area contributed by atoms with Gasteiger partial charge in [0.25, 0.3) is 5.91 Å². The third-order valence-electron chi connectivity index (χ3n) is 5.80. The molecule has 0 unspecified atom stereocenters. The minimum Gasteiger partial charge on any atom is -0.355 e. The first-order valence-electron chi connectivity index (χ1n) is 10.3. The van der Waals surface area contributed by atoms with E-state index in [1.54, 1.807) is 4.90 Å². The first kappa shape index (κ1) is 21.6. The average molecular weight is 411 g/mol. The normalized spacial score (nSPS) is 19.2. The van der Waals surface area contributed by atoms with Gasteiger partial charge >= 0.3 is 6.18 Å². The number of halogens is 3. The highest BCUT2D eigenvalue weighted by Crippen LogP contribution is 2.29. The highest BCUT2D eigenvalue weighted by atomic mass is 19.4. The maximum Gasteiger partial charge on any atom is 0.416 e. The van der Waals surface area contributed by atoms with E-state index in [-0.39, 0.29) is 17.4 Å². The van der Waals surface area contributed by atoms with Gasteiger partial charge < -0.3 is 10.2 Å². The number of alkyl halides is 3. The van der Waals surface area contributed by atoms with Crippen molar-refractivity contribution in [3.05, 3.63) is 35.4 Å². The van der Waals surface area contributed by atoms with Crippen LogP contribution in [0.15, 0.2) is 24.3 Å². The van der Waals surface area contributed by atoms with Gasteiger partial charge in [-0.05, 0) is 43.0 Å². The summed E-state index contributed by atoms with van der Waals surface area (Å²) in [5, 5.41) is 3.02. The molecule has 2 amide bonds. The number of carbonyl (C=O) groups is 2. The smallest absolute Gasteiger partial charge is 0.355 e. The van der Waals surface area contributed by atoms with E-state index in [2.05, 4.69) is 5.32 Å². The van der Waals surface area contributed by atoms with Crippen molar-refractivity contribution in [2.24, 2.45) is 5.92 Å². The Bertz CT molecular complexity index is 692. The van der Waals surface area contributed by atoms with Crippen LogP contribution in [0.4, 0.5) is 13.2 Å². The van der Waals surface area contributed by atoms with Crippen LogP contribution in [0.3, 0.4) is 0 Å². The average Bonchev–Trinajstić information content (AvgIpc) is 2.72. The Balaban J connectivity index is 1.41. The van der Waals surface area contributed by atoms with E-state index in [1.165, 1.54) is 44.2 Å². The van der Waals surface area contributed by atoms with Crippen LogP contribution in [0.25, 0.3) is 0 Å². The Morgan fingerprint density at radius 2 is 1.59 bits per heavy atom. The third-order valence-corrected chi connectivity index (χ3v) is 5.80. The van der Waals surface area contributed by atoms with Gasteiger partial charge in [0.05, 0.1) is 12.1 Å². The molecular formula is C21H28F3N3O2. The van der Waals surface area contributed by atoms with Gasteiger partial charge in [0.1, 0.15) is 0 Å². The summed E-state index contributed by atoms with van der Waals surface area (Å²) in [7, 11) is 0. The molecule has 3 rings (SSSR count). The predicted molar refractivity (Wildman–Crippen MR) is 103 cm³/mol. The second-order valence-corrected chi connectivity index (χ2v) is 7.95. The number of piperazine rings is 1. The lowest BCUT2D eigenvalue weighted by Crippen LogP contribution is -2.51. The Morgan fingerprint density at radius 3 is 2.17 bits per heavy atom. The summed E-state index contributed by atoms with van der Waals surface area (Å²) < 4.78 is 37.9. The molecule has 5 nitrogen and oxygen atoms in total. The summed E-state index contributed by atoms with van der Waals surface area (Å²) in [5.41, 5.74) is -0.519. The lowest BCUT2D eigenvalue weighted by molar-refractivity contribution is -0.137. The molecule has 1 aliphatic carbocycles.